The summed E-state index contributed by atoms with van der Waals surface area (Å²) in [5.74, 6) is 1.86. The zero-order valence-electron chi connectivity index (χ0n) is 14.5. The zero-order valence-corrected chi connectivity index (χ0v) is 15.3. The summed E-state index contributed by atoms with van der Waals surface area (Å²) in [6, 6.07) is 6.84. The van der Waals surface area contributed by atoms with E-state index in [1.165, 1.54) is 17.3 Å². The Balaban J connectivity index is 1.49. The van der Waals surface area contributed by atoms with Gasteiger partial charge in [0.25, 0.3) is 0 Å². The summed E-state index contributed by atoms with van der Waals surface area (Å²) in [5, 5.41) is 13.0. The molecule has 0 aliphatic carbocycles. The van der Waals surface area contributed by atoms with Gasteiger partial charge in [-0.1, -0.05) is 0 Å². The van der Waals surface area contributed by atoms with E-state index < -0.39 is 6.04 Å². The number of nitrogens with one attached hydrogen (secondary N) is 3. The van der Waals surface area contributed by atoms with Gasteiger partial charge >= 0.3 is 0 Å². The molecule has 8 nitrogen and oxygen atoms in total. The van der Waals surface area contributed by atoms with Crippen LogP contribution in [0.5, 0.6) is 0 Å². The van der Waals surface area contributed by atoms with Gasteiger partial charge in [0.1, 0.15) is 18.7 Å². The first-order valence-electron chi connectivity index (χ1n) is 8.48. The smallest absolute Gasteiger partial charge is 0.249 e. The second-order valence-corrected chi connectivity index (χ2v) is 7.25. The number of aromatic nitrogens is 3. The zero-order chi connectivity index (χ0) is 18.4. The van der Waals surface area contributed by atoms with Crippen LogP contribution < -0.4 is 16.0 Å². The van der Waals surface area contributed by atoms with Crippen molar-refractivity contribution < 1.29 is 9.59 Å². The molecule has 0 spiro atoms. The molecular formula is C17H22N6O2S. The van der Waals surface area contributed by atoms with Gasteiger partial charge in [-0.3, -0.25) is 9.59 Å². The second-order valence-electron chi connectivity index (χ2n) is 6.10. The lowest BCUT2D eigenvalue weighted by Gasteiger charge is -2.22. The molecule has 2 heterocycles. The summed E-state index contributed by atoms with van der Waals surface area (Å²) in [5.41, 5.74) is 1.37. The lowest BCUT2D eigenvalue weighted by Crippen LogP contribution is -2.39. The number of nitrogens with zero attached hydrogens (tertiary/aromatic N) is 3. The Morgan fingerprint density at radius 2 is 2.04 bits per heavy atom. The molecule has 1 aromatic carbocycles. The third-order valence-corrected chi connectivity index (χ3v) is 5.21. The van der Waals surface area contributed by atoms with Gasteiger partial charge in [0.05, 0.1) is 0 Å². The maximum atomic E-state index is 12.2. The molecule has 2 amide bonds. The van der Waals surface area contributed by atoms with Crippen molar-refractivity contribution in [1.82, 2.24) is 20.1 Å². The number of carbonyl (C=O) groups excluding carboxylic acids is 2. The van der Waals surface area contributed by atoms with Crippen LogP contribution in [0.25, 0.3) is 0 Å². The quantitative estimate of drug-likeness (QED) is 0.709. The topological polar surface area (TPSA) is 101 Å². The van der Waals surface area contributed by atoms with Gasteiger partial charge in [0, 0.05) is 41.9 Å². The first-order valence-corrected chi connectivity index (χ1v) is 9.63. The summed E-state index contributed by atoms with van der Waals surface area (Å²) < 4.78 is 1.49. The number of carbonyl (C=O) groups is 2. The van der Waals surface area contributed by atoms with E-state index in [1.54, 1.807) is 31.2 Å². The van der Waals surface area contributed by atoms with Crippen molar-refractivity contribution in [2.45, 2.75) is 25.4 Å². The average molecular weight is 374 g/mol. The highest BCUT2D eigenvalue weighted by Crippen LogP contribution is 2.16. The largest absolute Gasteiger partial charge is 0.326 e. The van der Waals surface area contributed by atoms with E-state index in [4.69, 9.17) is 0 Å². The maximum absolute atomic E-state index is 12.2. The molecule has 1 fully saturated rings. The molecule has 0 bridgehead atoms. The first kappa shape index (κ1) is 18.4. The Hall–Kier alpha value is -2.39. The molecule has 3 rings (SSSR count). The molecule has 1 aromatic heterocycles. The van der Waals surface area contributed by atoms with Crippen LogP contribution >= 0.6 is 11.8 Å². The molecule has 3 N–H and O–H groups in total. The third kappa shape index (κ3) is 5.06. The Kier molecular flexibility index (Phi) is 6.24. The molecule has 0 saturated carbocycles. The third-order valence-electron chi connectivity index (χ3n) is 4.08. The van der Waals surface area contributed by atoms with E-state index >= 15 is 0 Å². The van der Waals surface area contributed by atoms with E-state index in [-0.39, 0.29) is 17.9 Å². The lowest BCUT2D eigenvalue weighted by atomic mass is 10.2. The van der Waals surface area contributed by atoms with Gasteiger partial charge in [-0.05, 0) is 31.2 Å². The highest BCUT2D eigenvalue weighted by Gasteiger charge is 2.17. The summed E-state index contributed by atoms with van der Waals surface area (Å²) >= 11 is 1.87. The van der Waals surface area contributed by atoms with Crippen molar-refractivity contribution in [2.75, 3.05) is 28.7 Å². The molecular weight excluding hydrogens is 352 g/mol. The first-order chi connectivity index (χ1) is 12.6. The van der Waals surface area contributed by atoms with Crippen molar-refractivity contribution in [3.8, 4) is 0 Å². The van der Waals surface area contributed by atoms with Gasteiger partial charge in [0.2, 0.25) is 11.8 Å². The highest BCUT2D eigenvalue weighted by atomic mass is 32.2. The lowest BCUT2D eigenvalue weighted by molar-refractivity contribution is -0.119. The number of anilines is 2. The van der Waals surface area contributed by atoms with E-state index in [9.17, 15) is 9.59 Å². The number of rotatable bonds is 6. The van der Waals surface area contributed by atoms with Crippen LogP contribution in [0.4, 0.5) is 11.4 Å². The molecule has 138 valence electrons. The molecule has 2 unspecified atom stereocenters. The second kappa shape index (κ2) is 8.81. The minimum atomic E-state index is -0.460. The van der Waals surface area contributed by atoms with Gasteiger partial charge in [-0.15, -0.1) is 0 Å². The van der Waals surface area contributed by atoms with Gasteiger partial charge in [0.15, 0.2) is 0 Å². The van der Waals surface area contributed by atoms with Crippen molar-refractivity contribution in [3.05, 3.63) is 36.9 Å². The minimum absolute atomic E-state index is 0.0124. The van der Waals surface area contributed by atoms with E-state index in [0.29, 0.717) is 17.8 Å². The molecule has 26 heavy (non-hydrogen) atoms. The number of thioether (sulfide) groups is 1. The Bertz CT molecular complexity index is 728. The van der Waals surface area contributed by atoms with Gasteiger partial charge < -0.3 is 16.0 Å². The molecule has 0 radical (unpaired) electrons. The maximum Gasteiger partial charge on any atom is 0.249 e. The Morgan fingerprint density at radius 3 is 2.65 bits per heavy atom. The van der Waals surface area contributed by atoms with Gasteiger partial charge in [-0.2, -0.15) is 16.9 Å². The van der Waals surface area contributed by atoms with E-state index in [1.807, 2.05) is 11.8 Å². The van der Waals surface area contributed by atoms with Crippen molar-refractivity contribution in [1.29, 1.82) is 0 Å². The Morgan fingerprint density at radius 1 is 1.31 bits per heavy atom. The van der Waals surface area contributed by atoms with Crippen molar-refractivity contribution in [2.24, 2.45) is 0 Å². The van der Waals surface area contributed by atoms with E-state index in [0.717, 1.165) is 18.1 Å². The monoisotopic (exact) mass is 374 g/mol. The number of amides is 2. The number of benzene rings is 1. The molecule has 9 heteroatoms. The number of hydrogen-bond donors (Lipinski definition) is 3. The summed E-state index contributed by atoms with van der Waals surface area (Å²) in [4.78, 5) is 28.2. The highest BCUT2D eigenvalue weighted by molar-refractivity contribution is 7.99. The SMILES string of the molecule is CC(C(=O)Nc1ccc(NC(=O)CC2CSCCN2)cc1)n1cncn1. The van der Waals surface area contributed by atoms with Crippen LogP contribution in [-0.2, 0) is 9.59 Å². The van der Waals surface area contributed by atoms with Crippen LogP contribution in [-0.4, -0.2) is 50.7 Å². The van der Waals surface area contributed by atoms with Crippen molar-refractivity contribution in [3.63, 3.8) is 0 Å². The van der Waals surface area contributed by atoms with Crippen LogP contribution in [0.3, 0.4) is 0 Å². The summed E-state index contributed by atoms with van der Waals surface area (Å²) in [6.07, 6.45) is 3.35. The van der Waals surface area contributed by atoms with E-state index in [2.05, 4.69) is 26.0 Å². The minimum Gasteiger partial charge on any atom is -0.326 e. The molecule has 2 aromatic rings. The fourth-order valence-electron chi connectivity index (χ4n) is 2.61. The van der Waals surface area contributed by atoms with Crippen LogP contribution in [0.1, 0.15) is 19.4 Å². The van der Waals surface area contributed by atoms with Crippen molar-refractivity contribution >= 4 is 35.0 Å². The molecule has 1 aliphatic heterocycles. The fraction of sp³-hybridized carbons (Fsp3) is 0.412. The van der Waals surface area contributed by atoms with Crippen LogP contribution in [0.15, 0.2) is 36.9 Å². The molecule has 2 atom stereocenters. The predicted octanol–water partition coefficient (Wildman–Crippen LogP) is 1.51. The number of hydrogen-bond acceptors (Lipinski definition) is 6. The Labute approximate surface area is 156 Å². The van der Waals surface area contributed by atoms with Gasteiger partial charge in [-0.25, -0.2) is 9.67 Å². The predicted molar refractivity (Wildman–Crippen MR) is 102 cm³/mol. The molecule has 1 aliphatic rings. The summed E-state index contributed by atoms with van der Waals surface area (Å²) in [6.45, 7) is 2.69. The molecule has 1 saturated heterocycles. The standard InChI is InChI=1S/C17H22N6O2S/c1-12(23-11-18-10-20-23)17(25)22-14-4-2-13(3-5-14)21-16(24)8-15-9-26-7-6-19-15/h2-5,10-12,15,19H,6-9H2,1H3,(H,21,24)(H,22,25). The summed E-state index contributed by atoms with van der Waals surface area (Å²) in [7, 11) is 0. The van der Waals surface area contributed by atoms with Crippen LogP contribution in [0.2, 0.25) is 0 Å². The normalized spacial score (nSPS) is 18.1. The fourth-order valence-corrected chi connectivity index (χ4v) is 3.56. The average Bonchev–Trinajstić information content (AvgIpc) is 3.18. The van der Waals surface area contributed by atoms with Crippen LogP contribution in [0, 0.1) is 0 Å².